The lowest BCUT2D eigenvalue weighted by Crippen LogP contribution is -2.33. The van der Waals surface area contributed by atoms with E-state index in [1.165, 1.54) is 5.56 Å². The van der Waals surface area contributed by atoms with Crippen molar-refractivity contribution in [1.82, 2.24) is 5.32 Å². The van der Waals surface area contributed by atoms with Crippen molar-refractivity contribution in [2.45, 2.75) is 32.3 Å². The number of Topliss-reactive ketones (excluding diaryl/α,β-unsaturated/α-hetero) is 1. The number of nitrogens with one attached hydrogen (secondary N) is 1. The number of piperidine rings is 1. The molecule has 18 heavy (non-hydrogen) atoms. The van der Waals surface area contributed by atoms with Gasteiger partial charge in [-0.1, -0.05) is 24.3 Å². The SMILES string of the molecule is Cc1ccccc1CC(=O)COC1CCNCC1. The zero-order valence-corrected chi connectivity index (χ0v) is 10.9. The highest BCUT2D eigenvalue weighted by atomic mass is 16.5. The molecule has 0 bridgehead atoms. The number of hydrogen-bond donors (Lipinski definition) is 1. The summed E-state index contributed by atoms with van der Waals surface area (Å²) in [6, 6.07) is 8.02. The van der Waals surface area contributed by atoms with Crippen LogP contribution in [0.5, 0.6) is 0 Å². The Labute approximate surface area is 109 Å². The Kier molecular flexibility index (Phi) is 4.90. The maximum absolute atomic E-state index is 11.9. The molecule has 0 saturated carbocycles. The van der Waals surface area contributed by atoms with Crippen LogP contribution in [-0.2, 0) is 16.0 Å². The van der Waals surface area contributed by atoms with Crippen molar-refractivity contribution >= 4 is 5.78 Å². The van der Waals surface area contributed by atoms with Crippen molar-refractivity contribution in [2.24, 2.45) is 0 Å². The maximum Gasteiger partial charge on any atom is 0.162 e. The van der Waals surface area contributed by atoms with Gasteiger partial charge in [-0.25, -0.2) is 0 Å². The van der Waals surface area contributed by atoms with E-state index in [0.717, 1.165) is 31.5 Å². The summed E-state index contributed by atoms with van der Waals surface area (Å²) in [6.45, 7) is 4.28. The van der Waals surface area contributed by atoms with E-state index in [0.29, 0.717) is 6.42 Å². The van der Waals surface area contributed by atoms with Crippen LogP contribution in [0, 0.1) is 6.92 Å². The predicted octanol–water partition coefficient (Wildman–Crippen LogP) is 1.88. The Hall–Kier alpha value is -1.19. The van der Waals surface area contributed by atoms with Gasteiger partial charge in [0.15, 0.2) is 5.78 Å². The smallest absolute Gasteiger partial charge is 0.162 e. The molecule has 1 fully saturated rings. The number of carbonyl (C=O) groups is 1. The summed E-state index contributed by atoms with van der Waals surface area (Å²) in [5.74, 6) is 0.169. The second-order valence-corrected chi connectivity index (χ2v) is 4.90. The fraction of sp³-hybridized carbons (Fsp3) is 0.533. The van der Waals surface area contributed by atoms with Gasteiger partial charge in [-0.15, -0.1) is 0 Å². The molecular formula is C15H21NO2. The molecule has 2 rings (SSSR count). The van der Waals surface area contributed by atoms with E-state index < -0.39 is 0 Å². The van der Waals surface area contributed by atoms with Gasteiger partial charge in [-0.3, -0.25) is 4.79 Å². The lowest BCUT2D eigenvalue weighted by Gasteiger charge is -2.22. The molecule has 0 unspecified atom stereocenters. The minimum Gasteiger partial charge on any atom is -0.370 e. The van der Waals surface area contributed by atoms with Crippen molar-refractivity contribution in [3.63, 3.8) is 0 Å². The first-order chi connectivity index (χ1) is 8.75. The molecule has 0 spiro atoms. The van der Waals surface area contributed by atoms with Crippen LogP contribution in [0.3, 0.4) is 0 Å². The third kappa shape index (κ3) is 3.93. The second-order valence-electron chi connectivity index (χ2n) is 4.90. The third-order valence-corrected chi connectivity index (χ3v) is 3.42. The minimum atomic E-state index is 0.169. The Balaban J connectivity index is 1.76. The molecule has 3 heteroatoms. The zero-order chi connectivity index (χ0) is 12.8. The first kappa shape index (κ1) is 13.2. The summed E-state index contributed by atoms with van der Waals surface area (Å²) in [7, 11) is 0. The quantitative estimate of drug-likeness (QED) is 0.863. The van der Waals surface area contributed by atoms with Gasteiger partial charge in [0, 0.05) is 6.42 Å². The Bertz CT molecular complexity index is 397. The molecule has 1 N–H and O–H groups in total. The number of rotatable bonds is 5. The van der Waals surface area contributed by atoms with Gasteiger partial charge in [-0.05, 0) is 44.0 Å². The fourth-order valence-electron chi connectivity index (χ4n) is 2.24. The third-order valence-electron chi connectivity index (χ3n) is 3.42. The summed E-state index contributed by atoms with van der Waals surface area (Å²) in [4.78, 5) is 11.9. The summed E-state index contributed by atoms with van der Waals surface area (Å²) in [5.41, 5.74) is 2.28. The molecule has 1 aromatic rings. The van der Waals surface area contributed by atoms with Crippen LogP contribution in [0.25, 0.3) is 0 Å². The fourth-order valence-corrected chi connectivity index (χ4v) is 2.24. The summed E-state index contributed by atoms with van der Waals surface area (Å²) in [5, 5.41) is 3.28. The highest BCUT2D eigenvalue weighted by Gasteiger charge is 2.15. The Morgan fingerprint density at radius 3 is 2.78 bits per heavy atom. The normalized spacial score (nSPS) is 16.7. The standard InChI is InChI=1S/C15H21NO2/c1-12-4-2-3-5-13(12)10-14(17)11-18-15-6-8-16-9-7-15/h2-5,15-16H,6-11H2,1H3. The van der Waals surface area contributed by atoms with Crippen LogP contribution in [0.4, 0.5) is 0 Å². The summed E-state index contributed by atoms with van der Waals surface area (Å²) < 4.78 is 5.67. The number of ketones is 1. The molecule has 1 heterocycles. The van der Waals surface area contributed by atoms with Crippen LogP contribution in [0.15, 0.2) is 24.3 Å². The molecule has 3 nitrogen and oxygen atoms in total. The van der Waals surface area contributed by atoms with E-state index in [4.69, 9.17) is 4.74 Å². The molecule has 0 aromatic heterocycles. The number of aryl methyl sites for hydroxylation is 1. The molecule has 0 atom stereocenters. The lowest BCUT2D eigenvalue weighted by atomic mass is 10.0. The Morgan fingerprint density at radius 2 is 2.06 bits per heavy atom. The van der Waals surface area contributed by atoms with Crippen molar-refractivity contribution in [3.8, 4) is 0 Å². The largest absolute Gasteiger partial charge is 0.370 e. The van der Waals surface area contributed by atoms with Crippen molar-refractivity contribution in [2.75, 3.05) is 19.7 Å². The van der Waals surface area contributed by atoms with Gasteiger partial charge in [0.2, 0.25) is 0 Å². The number of hydrogen-bond acceptors (Lipinski definition) is 3. The molecule has 1 aromatic carbocycles. The van der Waals surface area contributed by atoms with Gasteiger partial charge < -0.3 is 10.1 Å². The van der Waals surface area contributed by atoms with Crippen molar-refractivity contribution in [3.05, 3.63) is 35.4 Å². The number of ether oxygens (including phenoxy) is 1. The first-order valence-electron chi connectivity index (χ1n) is 6.64. The van der Waals surface area contributed by atoms with Gasteiger partial charge >= 0.3 is 0 Å². The summed E-state index contributed by atoms with van der Waals surface area (Å²) in [6.07, 6.45) is 2.76. The van der Waals surface area contributed by atoms with Gasteiger partial charge in [-0.2, -0.15) is 0 Å². The highest BCUT2D eigenvalue weighted by molar-refractivity contribution is 5.82. The van der Waals surface area contributed by atoms with Gasteiger partial charge in [0.1, 0.15) is 6.61 Å². The van der Waals surface area contributed by atoms with E-state index in [-0.39, 0.29) is 18.5 Å². The number of carbonyl (C=O) groups excluding carboxylic acids is 1. The monoisotopic (exact) mass is 247 g/mol. The van der Waals surface area contributed by atoms with Crippen molar-refractivity contribution in [1.29, 1.82) is 0 Å². The topological polar surface area (TPSA) is 38.3 Å². The zero-order valence-electron chi connectivity index (χ0n) is 10.9. The van der Waals surface area contributed by atoms with E-state index >= 15 is 0 Å². The van der Waals surface area contributed by atoms with Crippen LogP contribution in [0.2, 0.25) is 0 Å². The molecule has 1 saturated heterocycles. The molecular weight excluding hydrogens is 226 g/mol. The summed E-state index contributed by atoms with van der Waals surface area (Å²) >= 11 is 0. The maximum atomic E-state index is 11.9. The minimum absolute atomic E-state index is 0.169. The Morgan fingerprint density at radius 1 is 1.33 bits per heavy atom. The predicted molar refractivity (Wildman–Crippen MR) is 71.7 cm³/mol. The molecule has 0 amide bonds. The van der Waals surface area contributed by atoms with E-state index in [2.05, 4.69) is 5.32 Å². The average molecular weight is 247 g/mol. The average Bonchev–Trinajstić information content (AvgIpc) is 2.40. The van der Waals surface area contributed by atoms with Crippen molar-refractivity contribution < 1.29 is 9.53 Å². The first-order valence-corrected chi connectivity index (χ1v) is 6.64. The number of benzene rings is 1. The molecule has 1 aliphatic heterocycles. The van der Waals surface area contributed by atoms with Crippen LogP contribution < -0.4 is 5.32 Å². The van der Waals surface area contributed by atoms with E-state index in [9.17, 15) is 4.79 Å². The lowest BCUT2D eigenvalue weighted by molar-refractivity contribution is -0.125. The van der Waals surface area contributed by atoms with Crippen LogP contribution in [-0.4, -0.2) is 31.6 Å². The van der Waals surface area contributed by atoms with Gasteiger partial charge in [0.25, 0.3) is 0 Å². The highest BCUT2D eigenvalue weighted by Crippen LogP contribution is 2.10. The van der Waals surface area contributed by atoms with E-state index in [1.54, 1.807) is 0 Å². The molecule has 0 radical (unpaired) electrons. The molecule has 1 aliphatic rings. The second kappa shape index (κ2) is 6.66. The molecule has 0 aliphatic carbocycles. The molecule has 98 valence electrons. The van der Waals surface area contributed by atoms with Gasteiger partial charge in [0.05, 0.1) is 6.10 Å². The van der Waals surface area contributed by atoms with Crippen LogP contribution in [0.1, 0.15) is 24.0 Å². The van der Waals surface area contributed by atoms with Crippen LogP contribution >= 0.6 is 0 Å². The van der Waals surface area contributed by atoms with E-state index in [1.807, 2.05) is 31.2 Å².